The lowest BCUT2D eigenvalue weighted by atomic mass is 10.2. The highest BCUT2D eigenvalue weighted by atomic mass is 32.2. The van der Waals surface area contributed by atoms with Gasteiger partial charge in [0.1, 0.15) is 16.6 Å². The summed E-state index contributed by atoms with van der Waals surface area (Å²) >= 11 is 6.48. The van der Waals surface area contributed by atoms with Crippen LogP contribution in [0, 0.1) is 0 Å². The van der Waals surface area contributed by atoms with Crippen LogP contribution in [0.4, 0.5) is 0 Å². The molecule has 0 spiro atoms. The minimum absolute atomic E-state index is 0.0737. The van der Waals surface area contributed by atoms with Crippen molar-refractivity contribution in [1.82, 2.24) is 19.8 Å². The summed E-state index contributed by atoms with van der Waals surface area (Å²) in [4.78, 5) is 30.6. The number of nitrogens with one attached hydrogen (secondary N) is 1. The minimum Gasteiger partial charge on any atom is -0.497 e. The molecule has 2 heterocycles. The first kappa shape index (κ1) is 20.1. The fourth-order valence-electron chi connectivity index (χ4n) is 2.60. The van der Waals surface area contributed by atoms with Crippen LogP contribution in [0.3, 0.4) is 0 Å². The Labute approximate surface area is 172 Å². The predicted octanol–water partition coefficient (Wildman–Crippen LogP) is 2.30. The number of carbonyl (C=O) groups excluding carboxylic acids is 2. The topological polar surface area (TPSA) is 76.5 Å². The van der Waals surface area contributed by atoms with Crippen molar-refractivity contribution in [1.29, 1.82) is 0 Å². The summed E-state index contributed by atoms with van der Waals surface area (Å²) in [5.74, 6) is 0.265. The number of ether oxygens (including phenoxy) is 1. The van der Waals surface area contributed by atoms with E-state index >= 15 is 0 Å². The van der Waals surface area contributed by atoms with E-state index in [9.17, 15) is 9.59 Å². The monoisotopic (exact) mass is 416 g/mol. The average molecular weight is 417 g/mol. The maximum Gasteiger partial charge on any atom is 0.266 e. The first-order valence-corrected chi connectivity index (χ1v) is 9.91. The molecule has 1 fully saturated rings. The molecular formula is C19H20N4O3S2. The summed E-state index contributed by atoms with van der Waals surface area (Å²) in [7, 11) is 1.60. The highest BCUT2D eigenvalue weighted by molar-refractivity contribution is 8.26. The summed E-state index contributed by atoms with van der Waals surface area (Å²) < 4.78 is 7.46. The highest BCUT2D eigenvalue weighted by Gasteiger charge is 2.33. The van der Waals surface area contributed by atoms with E-state index in [1.54, 1.807) is 25.7 Å². The van der Waals surface area contributed by atoms with Crippen molar-refractivity contribution >= 4 is 46.2 Å². The van der Waals surface area contributed by atoms with E-state index in [1.165, 1.54) is 16.7 Å². The number of aryl methyl sites for hydroxylation is 1. The smallest absolute Gasteiger partial charge is 0.266 e. The molecule has 1 aromatic carbocycles. The number of imidazole rings is 1. The van der Waals surface area contributed by atoms with Gasteiger partial charge in [-0.3, -0.25) is 14.5 Å². The van der Waals surface area contributed by atoms with Gasteiger partial charge in [-0.15, -0.1) is 0 Å². The lowest BCUT2D eigenvalue weighted by molar-refractivity contribution is -0.128. The number of nitrogens with zero attached hydrogens (tertiary/aromatic N) is 3. The maximum absolute atomic E-state index is 12.6. The number of carbonyl (C=O) groups is 2. The first-order chi connectivity index (χ1) is 13.6. The van der Waals surface area contributed by atoms with Crippen LogP contribution in [0.2, 0.25) is 0 Å². The van der Waals surface area contributed by atoms with Gasteiger partial charge in [0.2, 0.25) is 5.91 Å². The quantitative estimate of drug-likeness (QED) is 0.404. The summed E-state index contributed by atoms with van der Waals surface area (Å²) in [6.07, 6.45) is 7.86. The standard InChI is InChI=1S/C19H20N4O3S2/c1-26-15-5-3-14(4-6-15)11-16-18(25)23(19(27)28-16)12-17(24)21-7-2-9-22-10-8-20-13-22/h3-6,8,10-11,13H,2,7,9,12H2,1H3,(H,21,24). The van der Waals surface area contributed by atoms with Crippen molar-refractivity contribution in [2.75, 3.05) is 20.2 Å². The van der Waals surface area contributed by atoms with Crippen LogP contribution < -0.4 is 10.1 Å². The molecule has 1 aromatic heterocycles. The Morgan fingerprint density at radius 2 is 2.14 bits per heavy atom. The largest absolute Gasteiger partial charge is 0.497 e. The van der Waals surface area contributed by atoms with Gasteiger partial charge in [-0.2, -0.15) is 0 Å². The number of thiocarbonyl (C=S) groups is 1. The number of rotatable bonds is 8. The zero-order chi connectivity index (χ0) is 19.9. The van der Waals surface area contributed by atoms with E-state index in [0.29, 0.717) is 15.8 Å². The van der Waals surface area contributed by atoms with E-state index in [1.807, 2.05) is 35.0 Å². The molecule has 0 aliphatic carbocycles. The van der Waals surface area contributed by atoms with E-state index in [-0.39, 0.29) is 18.4 Å². The lowest BCUT2D eigenvalue weighted by Gasteiger charge is -2.14. The molecule has 9 heteroatoms. The molecule has 1 saturated heterocycles. The van der Waals surface area contributed by atoms with E-state index in [4.69, 9.17) is 17.0 Å². The molecule has 7 nitrogen and oxygen atoms in total. The molecule has 0 saturated carbocycles. The zero-order valence-corrected chi connectivity index (χ0v) is 17.0. The molecule has 0 atom stereocenters. The third-order valence-electron chi connectivity index (χ3n) is 4.06. The van der Waals surface area contributed by atoms with Crippen LogP contribution >= 0.6 is 24.0 Å². The Hall–Kier alpha value is -2.65. The lowest BCUT2D eigenvalue weighted by Crippen LogP contribution is -2.39. The SMILES string of the molecule is COc1ccc(C=C2SC(=S)N(CC(=O)NCCCn3ccnc3)C2=O)cc1. The normalized spacial score (nSPS) is 15.3. The molecule has 3 rings (SSSR count). The summed E-state index contributed by atoms with van der Waals surface area (Å²) in [5.41, 5.74) is 0.866. The van der Waals surface area contributed by atoms with Gasteiger partial charge in [0.05, 0.1) is 18.3 Å². The van der Waals surface area contributed by atoms with Crippen LogP contribution in [-0.2, 0) is 16.1 Å². The second kappa shape index (κ2) is 9.52. The average Bonchev–Trinajstić information content (AvgIpc) is 3.30. The molecule has 0 bridgehead atoms. The summed E-state index contributed by atoms with van der Waals surface area (Å²) in [5, 5.41) is 2.82. The molecule has 2 amide bonds. The number of thioether (sulfide) groups is 1. The van der Waals surface area contributed by atoms with Crippen molar-refractivity contribution in [2.45, 2.75) is 13.0 Å². The molecule has 146 valence electrons. The van der Waals surface area contributed by atoms with Gasteiger partial charge in [-0.05, 0) is 30.2 Å². The number of methoxy groups -OCH3 is 1. The van der Waals surface area contributed by atoms with Crippen molar-refractivity contribution < 1.29 is 14.3 Å². The molecule has 1 aliphatic rings. The molecular weight excluding hydrogens is 396 g/mol. The minimum atomic E-state index is -0.251. The van der Waals surface area contributed by atoms with E-state index < -0.39 is 0 Å². The summed E-state index contributed by atoms with van der Waals surface area (Å²) in [6.45, 7) is 1.22. The van der Waals surface area contributed by atoms with Crippen LogP contribution in [0.25, 0.3) is 6.08 Å². The number of amides is 2. The molecule has 1 aliphatic heterocycles. The molecule has 0 unspecified atom stereocenters. The van der Waals surface area contributed by atoms with Crippen molar-refractivity contribution in [3.63, 3.8) is 0 Å². The number of aromatic nitrogens is 2. The van der Waals surface area contributed by atoms with Gasteiger partial charge >= 0.3 is 0 Å². The maximum atomic E-state index is 12.6. The highest BCUT2D eigenvalue weighted by Crippen LogP contribution is 2.32. The van der Waals surface area contributed by atoms with Crippen molar-refractivity contribution in [3.8, 4) is 5.75 Å². The first-order valence-electron chi connectivity index (χ1n) is 8.68. The Morgan fingerprint density at radius 1 is 1.36 bits per heavy atom. The number of hydrogen-bond acceptors (Lipinski definition) is 6. The fourth-order valence-corrected chi connectivity index (χ4v) is 3.85. The molecule has 28 heavy (non-hydrogen) atoms. The predicted molar refractivity (Wildman–Crippen MR) is 113 cm³/mol. The summed E-state index contributed by atoms with van der Waals surface area (Å²) in [6, 6.07) is 7.37. The van der Waals surface area contributed by atoms with Gasteiger partial charge in [-0.1, -0.05) is 36.1 Å². The Morgan fingerprint density at radius 3 is 2.82 bits per heavy atom. The second-order valence-corrected chi connectivity index (χ2v) is 7.72. The van der Waals surface area contributed by atoms with Gasteiger partial charge in [0.25, 0.3) is 5.91 Å². The van der Waals surface area contributed by atoms with Crippen LogP contribution in [0.1, 0.15) is 12.0 Å². The Balaban J connectivity index is 1.51. The molecule has 0 radical (unpaired) electrons. The molecule has 1 N–H and O–H groups in total. The van der Waals surface area contributed by atoms with Crippen LogP contribution in [-0.4, -0.2) is 50.8 Å². The van der Waals surface area contributed by atoms with Gasteiger partial charge < -0.3 is 14.6 Å². The van der Waals surface area contributed by atoms with Crippen molar-refractivity contribution in [2.24, 2.45) is 0 Å². The van der Waals surface area contributed by atoms with Gasteiger partial charge in [0.15, 0.2) is 0 Å². The van der Waals surface area contributed by atoms with Crippen molar-refractivity contribution in [3.05, 3.63) is 53.5 Å². The second-order valence-electron chi connectivity index (χ2n) is 6.05. The number of benzene rings is 1. The third kappa shape index (κ3) is 5.20. The molecule has 2 aromatic rings. The number of hydrogen-bond donors (Lipinski definition) is 1. The Kier molecular flexibility index (Phi) is 6.83. The fraction of sp³-hybridized carbons (Fsp3) is 0.263. The van der Waals surface area contributed by atoms with E-state index in [0.717, 1.165) is 24.3 Å². The van der Waals surface area contributed by atoms with Gasteiger partial charge in [0, 0.05) is 25.5 Å². The van der Waals surface area contributed by atoms with Gasteiger partial charge in [-0.25, -0.2) is 4.98 Å². The van der Waals surface area contributed by atoms with Crippen LogP contribution in [0.5, 0.6) is 5.75 Å². The van der Waals surface area contributed by atoms with E-state index in [2.05, 4.69) is 10.3 Å². The third-order valence-corrected chi connectivity index (χ3v) is 5.44. The zero-order valence-electron chi connectivity index (χ0n) is 15.3. The Bertz CT molecular complexity index is 879. The van der Waals surface area contributed by atoms with Crippen LogP contribution in [0.15, 0.2) is 47.9 Å².